The molecule has 0 saturated carbocycles. The van der Waals surface area contributed by atoms with E-state index in [4.69, 9.17) is 9.47 Å². The van der Waals surface area contributed by atoms with Crippen LogP contribution in [0.1, 0.15) is 26.6 Å². The Hall–Kier alpha value is -3.94. The van der Waals surface area contributed by atoms with Gasteiger partial charge in [-0.15, -0.1) is 15.3 Å². The molecule has 0 bridgehead atoms. The number of para-hydroxylation sites is 1. The third-order valence-electron chi connectivity index (χ3n) is 4.82. The summed E-state index contributed by atoms with van der Waals surface area (Å²) in [5.74, 6) is 1.30. The van der Waals surface area contributed by atoms with Crippen LogP contribution in [0.5, 0.6) is 11.5 Å². The maximum absolute atomic E-state index is 13.1. The highest BCUT2D eigenvalue weighted by atomic mass is 32.2. The van der Waals surface area contributed by atoms with Crippen molar-refractivity contribution in [2.24, 2.45) is 7.05 Å². The summed E-state index contributed by atoms with van der Waals surface area (Å²) in [4.78, 5) is 7.86. The van der Waals surface area contributed by atoms with Crippen molar-refractivity contribution in [1.82, 2.24) is 39.7 Å². The number of nitrogens with one attached hydrogen (secondary N) is 1. The van der Waals surface area contributed by atoms with Gasteiger partial charge in [0.05, 0.1) is 38.1 Å². The van der Waals surface area contributed by atoms with Gasteiger partial charge in [0.15, 0.2) is 17.3 Å². The fraction of sp³-hybridized carbons (Fsp3) is 0.364. The van der Waals surface area contributed by atoms with Gasteiger partial charge in [-0.2, -0.15) is 0 Å². The first kappa shape index (κ1) is 26.7. The maximum atomic E-state index is 13.1. The lowest BCUT2D eigenvalue weighted by Crippen LogP contribution is -2.23. The zero-order chi connectivity index (χ0) is 26.2. The van der Waals surface area contributed by atoms with Crippen molar-refractivity contribution >= 4 is 16.9 Å². The molecular formula is C22H28FN9O3S. The highest BCUT2D eigenvalue weighted by molar-refractivity contribution is 7.86. The highest BCUT2D eigenvalue weighted by Crippen LogP contribution is 2.37. The molecule has 12 nitrogen and oxygen atoms in total. The zero-order valence-electron chi connectivity index (χ0n) is 20.8. The predicted octanol–water partition coefficient (Wildman–Crippen LogP) is 2.74. The standard InChI is InChI=1S/C20H22FN9O3S.C2H6/c1-12(8-17-22-9-13(21)10-23-17)34(31)27-20-26-25-19(14-11-29(2)28-24-14)30(20)18-15(32-3)6-5-7-16(18)33-4;1-2/h5-7,9-12H,8H2,1-4H3,(H,26,27);1-2H3/t12-,34?;/m1./s1. The number of hydrogen-bond acceptors (Lipinski definition) is 9. The van der Waals surface area contributed by atoms with Gasteiger partial charge in [-0.1, -0.05) is 25.1 Å². The minimum atomic E-state index is -1.63. The Morgan fingerprint density at radius 3 is 2.28 bits per heavy atom. The monoisotopic (exact) mass is 517 g/mol. The summed E-state index contributed by atoms with van der Waals surface area (Å²) in [7, 11) is 3.16. The number of aromatic nitrogens is 8. The van der Waals surface area contributed by atoms with E-state index in [-0.39, 0.29) is 12.4 Å². The summed E-state index contributed by atoms with van der Waals surface area (Å²) < 4.78 is 43.4. The Kier molecular flexibility index (Phi) is 9.00. The number of halogens is 1. The third kappa shape index (κ3) is 5.82. The van der Waals surface area contributed by atoms with Crippen molar-refractivity contribution in [3.63, 3.8) is 0 Å². The topological polar surface area (TPSA) is 135 Å². The van der Waals surface area contributed by atoms with E-state index in [0.29, 0.717) is 34.5 Å². The van der Waals surface area contributed by atoms with E-state index in [9.17, 15) is 8.60 Å². The van der Waals surface area contributed by atoms with Gasteiger partial charge in [0, 0.05) is 13.5 Å². The van der Waals surface area contributed by atoms with Crippen molar-refractivity contribution in [3.8, 4) is 28.7 Å². The van der Waals surface area contributed by atoms with Crippen LogP contribution in [0.2, 0.25) is 0 Å². The molecule has 36 heavy (non-hydrogen) atoms. The molecule has 0 aliphatic carbocycles. The van der Waals surface area contributed by atoms with E-state index in [0.717, 1.165) is 12.4 Å². The minimum Gasteiger partial charge on any atom is -0.494 e. The second kappa shape index (κ2) is 12.2. The number of benzene rings is 1. The molecular weight excluding hydrogens is 489 g/mol. The van der Waals surface area contributed by atoms with Gasteiger partial charge in [0.1, 0.15) is 34.0 Å². The summed E-state index contributed by atoms with van der Waals surface area (Å²) in [5.41, 5.74) is 0.932. The highest BCUT2D eigenvalue weighted by Gasteiger charge is 2.26. The molecule has 0 saturated heterocycles. The van der Waals surface area contributed by atoms with E-state index in [1.807, 2.05) is 13.8 Å². The van der Waals surface area contributed by atoms with Crippen LogP contribution in [-0.2, 0) is 24.5 Å². The summed E-state index contributed by atoms with van der Waals surface area (Å²) in [6.45, 7) is 5.75. The first-order valence-electron chi connectivity index (χ1n) is 11.1. The van der Waals surface area contributed by atoms with Crippen LogP contribution < -0.4 is 14.2 Å². The Morgan fingerprint density at radius 2 is 1.72 bits per heavy atom. The van der Waals surface area contributed by atoms with E-state index in [2.05, 4.69) is 35.2 Å². The predicted molar refractivity (Wildman–Crippen MR) is 133 cm³/mol. The number of anilines is 1. The molecule has 3 aromatic heterocycles. The largest absolute Gasteiger partial charge is 0.494 e. The van der Waals surface area contributed by atoms with E-state index in [1.54, 1.807) is 42.9 Å². The molecule has 192 valence electrons. The second-order valence-electron chi connectivity index (χ2n) is 7.20. The number of nitrogens with zero attached hydrogens (tertiary/aromatic N) is 8. The molecule has 14 heteroatoms. The van der Waals surface area contributed by atoms with Gasteiger partial charge in [-0.25, -0.2) is 18.6 Å². The van der Waals surface area contributed by atoms with Gasteiger partial charge < -0.3 is 9.47 Å². The number of hydrogen-bond donors (Lipinski definition) is 1. The number of methoxy groups -OCH3 is 2. The molecule has 3 heterocycles. The molecule has 0 aliphatic rings. The normalized spacial score (nSPS) is 12.3. The molecule has 0 radical (unpaired) electrons. The van der Waals surface area contributed by atoms with Crippen LogP contribution in [0.15, 0.2) is 36.8 Å². The molecule has 4 aromatic rings. The Bertz CT molecular complexity index is 1290. The summed E-state index contributed by atoms with van der Waals surface area (Å²) in [6, 6.07) is 5.30. The third-order valence-corrected chi connectivity index (χ3v) is 6.10. The molecule has 1 N–H and O–H groups in total. The fourth-order valence-corrected chi connectivity index (χ4v) is 4.01. The lowest BCUT2D eigenvalue weighted by atomic mass is 10.2. The number of aryl methyl sites for hydroxylation is 1. The second-order valence-corrected chi connectivity index (χ2v) is 8.81. The summed E-state index contributed by atoms with van der Waals surface area (Å²) in [5, 5.41) is 16.1. The fourth-order valence-electron chi connectivity index (χ4n) is 3.20. The summed E-state index contributed by atoms with van der Waals surface area (Å²) in [6.07, 6.45) is 4.08. The van der Waals surface area contributed by atoms with Gasteiger partial charge in [-0.3, -0.25) is 14.0 Å². The van der Waals surface area contributed by atoms with Crippen LogP contribution in [0, 0.1) is 5.82 Å². The minimum absolute atomic E-state index is 0.175. The lowest BCUT2D eigenvalue weighted by Gasteiger charge is -2.18. The van der Waals surface area contributed by atoms with Crippen LogP contribution in [0.3, 0.4) is 0 Å². The maximum Gasteiger partial charge on any atom is 0.241 e. The smallest absolute Gasteiger partial charge is 0.241 e. The Labute approximate surface area is 210 Å². The van der Waals surface area contributed by atoms with Crippen LogP contribution in [0.4, 0.5) is 10.3 Å². The van der Waals surface area contributed by atoms with E-state index >= 15 is 0 Å². The SMILES string of the molecule is CC.COc1cccc(OC)c1-n1c(NS(=O)[C@H](C)Cc2ncc(F)cn2)nnc1-c1cn(C)nn1. The Balaban J connectivity index is 0.00000176. The summed E-state index contributed by atoms with van der Waals surface area (Å²) >= 11 is 0. The van der Waals surface area contributed by atoms with Crippen LogP contribution in [-0.4, -0.2) is 63.4 Å². The average molecular weight is 518 g/mol. The van der Waals surface area contributed by atoms with Crippen molar-refractivity contribution in [2.75, 3.05) is 18.9 Å². The lowest BCUT2D eigenvalue weighted by molar-refractivity contribution is 0.391. The molecule has 0 aliphatic heterocycles. The van der Waals surface area contributed by atoms with Crippen LogP contribution in [0.25, 0.3) is 17.2 Å². The van der Waals surface area contributed by atoms with E-state index in [1.165, 1.54) is 18.9 Å². The molecule has 0 fully saturated rings. The molecule has 0 spiro atoms. The van der Waals surface area contributed by atoms with Gasteiger partial charge in [0.2, 0.25) is 5.95 Å². The molecule has 0 amide bonds. The number of ether oxygens (including phenoxy) is 2. The van der Waals surface area contributed by atoms with E-state index < -0.39 is 22.1 Å². The van der Waals surface area contributed by atoms with Crippen molar-refractivity contribution in [3.05, 3.63) is 48.4 Å². The molecule has 4 rings (SSSR count). The number of rotatable bonds is 9. The molecule has 2 atom stereocenters. The quantitative estimate of drug-likeness (QED) is 0.355. The average Bonchev–Trinajstić information content (AvgIpc) is 3.51. The molecule has 1 aromatic carbocycles. The van der Waals surface area contributed by atoms with Crippen molar-refractivity contribution in [1.29, 1.82) is 0 Å². The first-order valence-corrected chi connectivity index (χ1v) is 12.3. The van der Waals surface area contributed by atoms with Gasteiger partial charge in [0.25, 0.3) is 0 Å². The van der Waals surface area contributed by atoms with Crippen molar-refractivity contribution < 1.29 is 18.1 Å². The molecule has 1 unspecified atom stereocenters. The van der Waals surface area contributed by atoms with Crippen molar-refractivity contribution in [2.45, 2.75) is 32.4 Å². The zero-order valence-corrected chi connectivity index (χ0v) is 21.7. The first-order chi connectivity index (χ1) is 17.4. The van der Waals surface area contributed by atoms with Crippen LogP contribution >= 0.6 is 0 Å². The van der Waals surface area contributed by atoms with Gasteiger partial charge >= 0.3 is 0 Å². The Morgan fingerprint density at radius 1 is 1.08 bits per heavy atom. The van der Waals surface area contributed by atoms with Gasteiger partial charge in [-0.05, 0) is 19.1 Å².